The highest BCUT2D eigenvalue weighted by molar-refractivity contribution is 6.15. The van der Waals surface area contributed by atoms with Crippen molar-refractivity contribution in [3.8, 4) is 16.9 Å². The van der Waals surface area contributed by atoms with Crippen molar-refractivity contribution in [2.45, 2.75) is 12.8 Å². The van der Waals surface area contributed by atoms with E-state index in [-0.39, 0.29) is 0 Å². The molecule has 2 aromatic carbocycles. The van der Waals surface area contributed by atoms with Crippen LogP contribution in [0, 0.1) is 0 Å². The molecule has 0 aliphatic carbocycles. The molecule has 0 N–H and O–H groups in total. The first kappa shape index (κ1) is 17.2. The number of nitrogens with zero attached hydrogens (tertiary/aromatic N) is 2. The van der Waals surface area contributed by atoms with E-state index in [0.717, 1.165) is 36.4 Å². The van der Waals surface area contributed by atoms with Crippen LogP contribution < -0.4 is 4.74 Å². The van der Waals surface area contributed by atoms with Crippen LogP contribution in [0.3, 0.4) is 0 Å². The lowest BCUT2D eigenvalue weighted by molar-refractivity contribution is 0.415. The van der Waals surface area contributed by atoms with E-state index >= 15 is 0 Å². The van der Waals surface area contributed by atoms with Crippen molar-refractivity contribution < 1.29 is 4.74 Å². The zero-order valence-corrected chi connectivity index (χ0v) is 15.4. The first-order valence-corrected chi connectivity index (χ1v) is 9.24. The lowest BCUT2D eigenvalue weighted by Crippen LogP contribution is -2.12. The summed E-state index contributed by atoms with van der Waals surface area (Å²) in [5, 5.41) is 0. The summed E-state index contributed by atoms with van der Waals surface area (Å²) in [5.41, 5.74) is 6.92. The molecule has 0 fully saturated rings. The van der Waals surface area contributed by atoms with Gasteiger partial charge in [-0.15, -0.1) is 0 Å². The quantitative estimate of drug-likeness (QED) is 0.626. The first-order valence-electron chi connectivity index (χ1n) is 9.24. The molecule has 1 aliphatic heterocycles. The smallest absolute Gasteiger partial charge is 0.119 e. The lowest BCUT2D eigenvalue weighted by Gasteiger charge is -2.17. The van der Waals surface area contributed by atoms with E-state index in [1.54, 1.807) is 13.3 Å². The predicted octanol–water partition coefficient (Wildman–Crippen LogP) is 5.42. The molecule has 0 atom stereocenters. The normalized spacial score (nSPS) is 15.4. The average molecular weight is 354 g/mol. The molecule has 3 aromatic rings. The Bertz CT molecular complexity index is 976. The number of benzene rings is 2. The highest BCUT2D eigenvalue weighted by Crippen LogP contribution is 2.31. The Morgan fingerprint density at radius 3 is 2.59 bits per heavy atom. The van der Waals surface area contributed by atoms with Gasteiger partial charge in [-0.3, -0.25) is 9.98 Å². The molecule has 2 heterocycles. The van der Waals surface area contributed by atoms with Crippen molar-refractivity contribution >= 4 is 11.8 Å². The Morgan fingerprint density at radius 2 is 1.81 bits per heavy atom. The Labute approximate surface area is 160 Å². The summed E-state index contributed by atoms with van der Waals surface area (Å²) in [6, 6.07) is 20.7. The van der Waals surface area contributed by atoms with Crippen LogP contribution in [0.25, 0.3) is 17.2 Å². The number of ether oxygens (including phenoxy) is 1. The van der Waals surface area contributed by atoms with Crippen LogP contribution in [-0.2, 0) is 0 Å². The third-order valence-corrected chi connectivity index (χ3v) is 4.79. The van der Waals surface area contributed by atoms with Crippen LogP contribution in [-0.4, -0.2) is 24.4 Å². The summed E-state index contributed by atoms with van der Waals surface area (Å²) in [4.78, 5) is 9.06. The summed E-state index contributed by atoms with van der Waals surface area (Å²) in [5.74, 6) is 0.862. The summed E-state index contributed by atoms with van der Waals surface area (Å²) in [6.07, 6.45) is 8.06. The molecule has 1 aromatic heterocycles. The number of hydrogen-bond donors (Lipinski definition) is 0. The monoisotopic (exact) mass is 354 g/mol. The van der Waals surface area contributed by atoms with Gasteiger partial charge in [0, 0.05) is 24.5 Å². The van der Waals surface area contributed by atoms with Crippen molar-refractivity contribution in [2.24, 2.45) is 4.99 Å². The Kier molecular flexibility index (Phi) is 5.10. The maximum atomic E-state index is 5.46. The third kappa shape index (κ3) is 3.82. The molecular weight excluding hydrogens is 332 g/mol. The van der Waals surface area contributed by atoms with Gasteiger partial charge < -0.3 is 4.74 Å². The topological polar surface area (TPSA) is 34.5 Å². The van der Waals surface area contributed by atoms with E-state index in [9.17, 15) is 0 Å². The molecule has 3 nitrogen and oxygen atoms in total. The molecule has 0 saturated carbocycles. The summed E-state index contributed by atoms with van der Waals surface area (Å²) in [7, 11) is 1.70. The second kappa shape index (κ2) is 8.00. The third-order valence-electron chi connectivity index (χ3n) is 4.79. The standard InChI is InChI=1S/C24H22N2O/c1-27-22-12-11-19(23(16-22)18-7-3-2-4-8-18)15-20-9-6-14-26-24(20)21-10-5-13-25-17-21/h2-5,7-8,10-13,15-17H,6,9,14H2,1H3/b20-15+. The number of rotatable bonds is 4. The van der Waals surface area contributed by atoms with Crippen LogP contribution in [0.15, 0.2) is 83.6 Å². The molecule has 0 bridgehead atoms. The van der Waals surface area contributed by atoms with Gasteiger partial charge in [0.2, 0.25) is 0 Å². The van der Waals surface area contributed by atoms with Crippen molar-refractivity contribution in [3.05, 3.63) is 89.8 Å². The predicted molar refractivity (Wildman–Crippen MR) is 111 cm³/mol. The molecule has 1 aliphatic rings. The van der Waals surface area contributed by atoms with Gasteiger partial charge in [-0.25, -0.2) is 0 Å². The van der Waals surface area contributed by atoms with Crippen molar-refractivity contribution in [2.75, 3.05) is 13.7 Å². The summed E-state index contributed by atoms with van der Waals surface area (Å²) in [6.45, 7) is 0.871. The summed E-state index contributed by atoms with van der Waals surface area (Å²) >= 11 is 0. The number of methoxy groups -OCH3 is 1. The minimum absolute atomic E-state index is 0.862. The van der Waals surface area contributed by atoms with Gasteiger partial charge in [0.25, 0.3) is 0 Å². The van der Waals surface area contributed by atoms with E-state index in [0.29, 0.717) is 0 Å². The van der Waals surface area contributed by atoms with E-state index in [1.165, 1.54) is 22.3 Å². The van der Waals surface area contributed by atoms with Crippen LogP contribution in [0.2, 0.25) is 0 Å². The van der Waals surface area contributed by atoms with Crippen LogP contribution in [0.5, 0.6) is 5.75 Å². The molecule has 0 radical (unpaired) electrons. The van der Waals surface area contributed by atoms with Gasteiger partial charge in [0.1, 0.15) is 5.75 Å². The van der Waals surface area contributed by atoms with Gasteiger partial charge in [0.15, 0.2) is 0 Å². The van der Waals surface area contributed by atoms with Gasteiger partial charge in [0.05, 0.1) is 12.8 Å². The van der Waals surface area contributed by atoms with Crippen LogP contribution in [0.4, 0.5) is 0 Å². The fraction of sp³-hybridized carbons (Fsp3) is 0.167. The SMILES string of the molecule is COc1ccc(/C=C2\CCCN=C2c2cccnc2)c(-c2ccccc2)c1. The maximum absolute atomic E-state index is 5.46. The molecule has 0 amide bonds. The Morgan fingerprint density at radius 1 is 0.963 bits per heavy atom. The van der Waals surface area contributed by atoms with Crippen molar-refractivity contribution in [1.82, 2.24) is 4.98 Å². The van der Waals surface area contributed by atoms with Crippen molar-refractivity contribution in [3.63, 3.8) is 0 Å². The molecule has 0 saturated heterocycles. The zero-order chi connectivity index (χ0) is 18.5. The molecule has 3 heteroatoms. The van der Waals surface area contributed by atoms with Gasteiger partial charge >= 0.3 is 0 Å². The highest BCUT2D eigenvalue weighted by atomic mass is 16.5. The summed E-state index contributed by atoms with van der Waals surface area (Å²) < 4.78 is 5.46. The van der Waals surface area contributed by atoms with Crippen LogP contribution in [0.1, 0.15) is 24.0 Å². The van der Waals surface area contributed by atoms with Gasteiger partial charge in [-0.2, -0.15) is 0 Å². The van der Waals surface area contributed by atoms with Gasteiger partial charge in [-0.1, -0.05) is 36.4 Å². The fourth-order valence-electron chi connectivity index (χ4n) is 3.44. The van der Waals surface area contributed by atoms with E-state index in [1.807, 2.05) is 24.4 Å². The minimum atomic E-state index is 0.862. The molecule has 134 valence electrons. The molecule has 27 heavy (non-hydrogen) atoms. The second-order valence-corrected chi connectivity index (χ2v) is 6.56. The first-order chi connectivity index (χ1) is 13.3. The van der Waals surface area contributed by atoms with E-state index in [2.05, 4.69) is 53.5 Å². The molecule has 0 unspecified atom stereocenters. The van der Waals surface area contributed by atoms with E-state index in [4.69, 9.17) is 9.73 Å². The van der Waals surface area contributed by atoms with Gasteiger partial charge in [-0.05, 0) is 65.4 Å². The second-order valence-electron chi connectivity index (χ2n) is 6.56. The zero-order valence-electron chi connectivity index (χ0n) is 15.4. The number of hydrogen-bond acceptors (Lipinski definition) is 3. The lowest BCUT2D eigenvalue weighted by atomic mass is 9.92. The number of aliphatic imine (C=N–C) groups is 1. The number of allylic oxidation sites excluding steroid dienone is 1. The maximum Gasteiger partial charge on any atom is 0.119 e. The molecule has 0 spiro atoms. The Hall–Kier alpha value is -3.20. The largest absolute Gasteiger partial charge is 0.497 e. The fourth-order valence-corrected chi connectivity index (χ4v) is 3.44. The minimum Gasteiger partial charge on any atom is -0.497 e. The average Bonchev–Trinajstić information content (AvgIpc) is 2.76. The molecule has 4 rings (SSSR count). The highest BCUT2D eigenvalue weighted by Gasteiger charge is 2.15. The van der Waals surface area contributed by atoms with E-state index < -0.39 is 0 Å². The van der Waals surface area contributed by atoms with Crippen molar-refractivity contribution in [1.29, 1.82) is 0 Å². The number of pyridine rings is 1. The number of aromatic nitrogens is 1. The Balaban J connectivity index is 1.81. The van der Waals surface area contributed by atoms with Crippen LogP contribution >= 0.6 is 0 Å². The molecular formula is C24H22N2O.